The average molecular weight is 403 g/mol. The second kappa shape index (κ2) is 8.50. The highest BCUT2D eigenvalue weighted by atomic mass is 16.5. The normalized spacial score (nSPS) is 17.6. The maximum Gasteiger partial charge on any atom is 0.144 e. The molecule has 1 unspecified atom stereocenters. The third kappa shape index (κ3) is 3.47. The van der Waals surface area contributed by atoms with Gasteiger partial charge in [0.25, 0.3) is 0 Å². The Morgan fingerprint density at radius 2 is 1.53 bits per heavy atom. The molecule has 0 saturated heterocycles. The van der Waals surface area contributed by atoms with Crippen LogP contribution in [0.5, 0.6) is 5.75 Å². The van der Waals surface area contributed by atoms with Gasteiger partial charge >= 0.3 is 0 Å². The molecule has 3 aromatic rings. The van der Waals surface area contributed by atoms with E-state index in [1.54, 1.807) is 0 Å². The van der Waals surface area contributed by atoms with Gasteiger partial charge in [-0.2, -0.15) is 0 Å². The van der Waals surface area contributed by atoms with Crippen LogP contribution < -0.4 is 9.64 Å². The Morgan fingerprint density at radius 1 is 0.867 bits per heavy atom. The Bertz CT molecular complexity index is 1000. The molecule has 0 radical (unpaired) electrons. The average Bonchev–Trinajstić information content (AvgIpc) is 2.81. The van der Waals surface area contributed by atoms with Gasteiger partial charge in [-0.05, 0) is 36.9 Å². The van der Waals surface area contributed by atoms with Gasteiger partial charge in [-0.1, -0.05) is 62.4 Å². The van der Waals surface area contributed by atoms with Crippen LogP contribution in [0, 0.1) is 0 Å². The molecule has 0 bridgehead atoms. The molecule has 156 valence electrons. The van der Waals surface area contributed by atoms with Crippen molar-refractivity contribution in [2.75, 3.05) is 38.2 Å². The molecule has 4 heteroatoms. The van der Waals surface area contributed by atoms with Gasteiger partial charge in [-0.3, -0.25) is 0 Å². The Morgan fingerprint density at radius 3 is 2.27 bits per heavy atom. The Kier molecular flexibility index (Phi) is 5.80. The molecular formula is C26H30N2O2. The molecule has 0 fully saturated rings. The first kappa shape index (κ1) is 20.5. The summed E-state index contributed by atoms with van der Waals surface area (Å²) in [6.07, 6.45) is 0. The van der Waals surface area contributed by atoms with Gasteiger partial charge in [0.15, 0.2) is 0 Å². The third-order valence-electron chi connectivity index (χ3n) is 6.14. The number of likely N-dealkylation sites (N-methyl/N-ethyl adjacent to an activating group) is 1. The first-order valence-electron chi connectivity index (χ1n) is 10.7. The lowest BCUT2D eigenvalue weighted by Gasteiger charge is -2.41. The van der Waals surface area contributed by atoms with Crippen LogP contribution in [0.15, 0.2) is 72.8 Å². The summed E-state index contributed by atoms with van der Waals surface area (Å²) < 4.78 is 6.07. The fourth-order valence-electron chi connectivity index (χ4n) is 4.35. The van der Waals surface area contributed by atoms with Crippen LogP contribution in [0.4, 0.5) is 11.4 Å². The Hall–Kier alpha value is -2.82. The van der Waals surface area contributed by atoms with E-state index in [2.05, 4.69) is 29.7 Å². The van der Waals surface area contributed by atoms with Crippen molar-refractivity contribution < 1.29 is 9.84 Å². The van der Waals surface area contributed by atoms with Crippen LogP contribution in [0.1, 0.15) is 30.5 Å². The summed E-state index contributed by atoms with van der Waals surface area (Å²) in [6.45, 7) is 7.92. The van der Waals surface area contributed by atoms with E-state index in [9.17, 15) is 5.11 Å². The van der Waals surface area contributed by atoms with Crippen LogP contribution in [0.2, 0.25) is 0 Å². The molecule has 4 nitrogen and oxygen atoms in total. The zero-order chi connectivity index (χ0) is 21.1. The van der Waals surface area contributed by atoms with Crippen molar-refractivity contribution in [1.29, 1.82) is 0 Å². The summed E-state index contributed by atoms with van der Waals surface area (Å²) in [7, 11) is 2.04. The highest BCUT2D eigenvalue weighted by Gasteiger charge is 2.42. The summed E-state index contributed by atoms with van der Waals surface area (Å²) in [5.74, 6) is 0.822. The molecule has 3 aromatic carbocycles. The Labute approximate surface area is 179 Å². The highest BCUT2D eigenvalue weighted by molar-refractivity contribution is 5.79. The molecule has 1 atom stereocenters. The number of anilines is 2. The zero-order valence-electron chi connectivity index (χ0n) is 18.0. The lowest BCUT2D eigenvalue weighted by molar-refractivity contribution is 0.125. The predicted molar refractivity (Wildman–Crippen MR) is 123 cm³/mol. The van der Waals surface area contributed by atoms with Crippen LogP contribution in [0.3, 0.4) is 0 Å². The van der Waals surface area contributed by atoms with Gasteiger partial charge in [0.2, 0.25) is 0 Å². The maximum atomic E-state index is 12.1. The molecule has 0 spiro atoms. The van der Waals surface area contributed by atoms with Crippen molar-refractivity contribution in [3.63, 3.8) is 0 Å². The lowest BCUT2D eigenvalue weighted by Crippen LogP contribution is -2.36. The fourth-order valence-corrected chi connectivity index (χ4v) is 4.35. The number of ether oxygens (including phenoxy) is 1. The highest BCUT2D eigenvalue weighted by Crippen LogP contribution is 2.50. The number of rotatable bonds is 7. The number of nitrogens with zero attached hydrogens (tertiary/aromatic N) is 2. The molecule has 30 heavy (non-hydrogen) atoms. The molecular weight excluding hydrogens is 372 g/mol. The standard InChI is InChI=1S/C26H30N2O2/c1-4-28(5-2)17-18-30-21-15-16-23-25(19-21)27(3)24-14-10-9-13-22(24)26(23,29)20-11-7-6-8-12-20/h6-16,19,29H,4-5,17-18H2,1-3H3. The van der Waals surface area contributed by atoms with Crippen LogP contribution in [-0.4, -0.2) is 43.3 Å². The predicted octanol–water partition coefficient (Wildman–Crippen LogP) is 4.77. The van der Waals surface area contributed by atoms with Crippen molar-refractivity contribution in [3.8, 4) is 5.75 Å². The van der Waals surface area contributed by atoms with E-state index in [4.69, 9.17) is 4.74 Å². The van der Waals surface area contributed by atoms with Crippen LogP contribution in [0.25, 0.3) is 0 Å². The van der Waals surface area contributed by atoms with Crippen molar-refractivity contribution in [3.05, 3.63) is 89.5 Å². The van der Waals surface area contributed by atoms with E-state index >= 15 is 0 Å². The van der Waals surface area contributed by atoms with E-state index in [1.165, 1.54) is 0 Å². The summed E-state index contributed by atoms with van der Waals surface area (Å²) >= 11 is 0. The van der Waals surface area contributed by atoms with Crippen molar-refractivity contribution in [2.24, 2.45) is 0 Å². The molecule has 1 N–H and O–H groups in total. The largest absolute Gasteiger partial charge is 0.492 e. The number of fused-ring (bicyclic) bond motifs is 2. The van der Waals surface area contributed by atoms with Gasteiger partial charge in [-0.25, -0.2) is 0 Å². The number of benzene rings is 3. The molecule has 1 aliphatic heterocycles. The minimum Gasteiger partial charge on any atom is -0.492 e. The zero-order valence-corrected chi connectivity index (χ0v) is 18.0. The number of aliphatic hydroxyl groups is 1. The number of hydrogen-bond acceptors (Lipinski definition) is 4. The molecule has 1 heterocycles. The summed E-state index contributed by atoms with van der Waals surface area (Å²) in [6, 6.07) is 24.0. The lowest BCUT2D eigenvalue weighted by atomic mass is 9.76. The van der Waals surface area contributed by atoms with Gasteiger partial charge in [0, 0.05) is 36.5 Å². The fraction of sp³-hybridized carbons (Fsp3) is 0.308. The topological polar surface area (TPSA) is 35.9 Å². The van der Waals surface area contributed by atoms with Gasteiger partial charge in [-0.15, -0.1) is 0 Å². The van der Waals surface area contributed by atoms with Gasteiger partial charge in [0.05, 0.1) is 5.69 Å². The van der Waals surface area contributed by atoms with Crippen LogP contribution in [-0.2, 0) is 5.60 Å². The van der Waals surface area contributed by atoms with Crippen molar-refractivity contribution in [1.82, 2.24) is 4.90 Å². The Balaban J connectivity index is 1.74. The second-order valence-corrected chi connectivity index (χ2v) is 7.71. The van der Waals surface area contributed by atoms with E-state index in [0.29, 0.717) is 6.61 Å². The number of hydrogen-bond donors (Lipinski definition) is 1. The molecule has 0 aromatic heterocycles. The van der Waals surface area contributed by atoms with Crippen molar-refractivity contribution >= 4 is 11.4 Å². The SMILES string of the molecule is CCN(CC)CCOc1ccc2c(c1)N(C)c1ccccc1C2(O)c1ccccc1. The molecule has 4 rings (SSSR count). The number of para-hydroxylation sites is 1. The summed E-state index contributed by atoms with van der Waals surface area (Å²) in [4.78, 5) is 4.48. The minimum atomic E-state index is -1.21. The van der Waals surface area contributed by atoms with E-state index in [0.717, 1.165) is 53.4 Å². The van der Waals surface area contributed by atoms with Gasteiger partial charge < -0.3 is 19.6 Å². The quantitative estimate of drug-likeness (QED) is 0.617. The van der Waals surface area contributed by atoms with E-state index < -0.39 is 5.60 Å². The van der Waals surface area contributed by atoms with Crippen molar-refractivity contribution in [2.45, 2.75) is 19.4 Å². The molecule has 1 aliphatic rings. The summed E-state index contributed by atoms with van der Waals surface area (Å²) in [5, 5.41) is 12.1. The maximum absolute atomic E-state index is 12.1. The first-order chi connectivity index (χ1) is 14.6. The second-order valence-electron chi connectivity index (χ2n) is 7.71. The molecule has 0 amide bonds. The third-order valence-corrected chi connectivity index (χ3v) is 6.14. The summed E-state index contributed by atoms with van der Waals surface area (Å²) in [5.41, 5.74) is 3.37. The monoisotopic (exact) mass is 402 g/mol. The van der Waals surface area contributed by atoms with E-state index in [-0.39, 0.29) is 0 Å². The van der Waals surface area contributed by atoms with Gasteiger partial charge in [0.1, 0.15) is 18.0 Å². The minimum absolute atomic E-state index is 0.643. The van der Waals surface area contributed by atoms with Crippen LogP contribution >= 0.6 is 0 Å². The van der Waals surface area contributed by atoms with E-state index in [1.807, 2.05) is 73.8 Å². The molecule has 0 saturated carbocycles. The first-order valence-corrected chi connectivity index (χ1v) is 10.7. The smallest absolute Gasteiger partial charge is 0.144 e. The molecule has 0 aliphatic carbocycles.